The van der Waals surface area contributed by atoms with Crippen LogP contribution in [0.1, 0.15) is 12.5 Å². The lowest BCUT2D eigenvalue weighted by Gasteiger charge is -2.28. The summed E-state index contributed by atoms with van der Waals surface area (Å²) in [6.07, 6.45) is 0. The van der Waals surface area contributed by atoms with Gasteiger partial charge in [-0.2, -0.15) is 0 Å². The Kier molecular flexibility index (Phi) is 7.36. The van der Waals surface area contributed by atoms with Crippen molar-refractivity contribution in [3.05, 3.63) is 64.6 Å². The molecule has 0 fully saturated rings. The number of anilines is 1. The van der Waals surface area contributed by atoms with Crippen LogP contribution < -0.4 is 5.32 Å². The van der Waals surface area contributed by atoms with E-state index in [-0.39, 0.29) is 18.4 Å². The molecule has 138 valence electrons. The summed E-state index contributed by atoms with van der Waals surface area (Å²) in [6.45, 7) is 2.49. The number of para-hydroxylation sites is 1. The van der Waals surface area contributed by atoms with E-state index in [0.717, 1.165) is 10.0 Å². The highest BCUT2D eigenvalue weighted by molar-refractivity contribution is 9.10. The van der Waals surface area contributed by atoms with Gasteiger partial charge >= 0.3 is 0 Å². The van der Waals surface area contributed by atoms with Crippen LogP contribution in [-0.2, 0) is 16.1 Å². The molecule has 1 atom stereocenters. The summed E-state index contributed by atoms with van der Waals surface area (Å²) in [5.74, 6) is -0.185. The van der Waals surface area contributed by atoms with Crippen molar-refractivity contribution < 1.29 is 9.59 Å². The number of hydrogen-bond donors (Lipinski definition) is 1. The third-order valence-corrected chi connectivity index (χ3v) is 4.89. The zero-order chi connectivity index (χ0) is 19.1. The van der Waals surface area contributed by atoms with Crippen LogP contribution in [-0.4, -0.2) is 48.3 Å². The van der Waals surface area contributed by atoms with E-state index >= 15 is 0 Å². The average Bonchev–Trinajstić information content (AvgIpc) is 2.63. The molecule has 2 aromatic carbocycles. The van der Waals surface area contributed by atoms with Crippen molar-refractivity contribution in [2.45, 2.75) is 19.5 Å². The molecule has 0 saturated carbocycles. The molecule has 0 aliphatic heterocycles. The van der Waals surface area contributed by atoms with E-state index in [0.29, 0.717) is 12.2 Å². The molecule has 0 unspecified atom stereocenters. The molecule has 6 heteroatoms. The van der Waals surface area contributed by atoms with Crippen LogP contribution in [0.3, 0.4) is 0 Å². The second-order valence-corrected chi connectivity index (χ2v) is 7.15. The first-order chi connectivity index (χ1) is 12.4. The molecular weight excluding hydrogens is 394 g/mol. The Hall–Kier alpha value is -2.18. The number of nitrogens with one attached hydrogen (secondary N) is 1. The molecule has 0 bridgehead atoms. The number of hydrogen-bond acceptors (Lipinski definition) is 3. The molecule has 0 aromatic heterocycles. The lowest BCUT2D eigenvalue weighted by Crippen LogP contribution is -2.46. The minimum Gasteiger partial charge on any atom is -0.340 e. The largest absolute Gasteiger partial charge is 0.340 e. The van der Waals surface area contributed by atoms with Crippen LogP contribution in [0.25, 0.3) is 0 Å². The number of benzene rings is 2. The van der Waals surface area contributed by atoms with E-state index in [4.69, 9.17) is 0 Å². The molecule has 1 N–H and O–H groups in total. The van der Waals surface area contributed by atoms with Crippen LogP contribution in [0, 0.1) is 0 Å². The Morgan fingerprint density at radius 2 is 1.65 bits per heavy atom. The predicted octanol–water partition coefficient (Wildman–Crippen LogP) is 3.37. The summed E-state index contributed by atoms with van der Waals surface area (Å²) < 4.78 is 0.822. The fourth-order valence-electron chi connectivity index (χ4n) is 2.56. The van der Waals surface area contributed by atoms with Gasteiger partial charge in [-0.25, -0.2) is 0 Å². The highest BCUT2D eigenvalue weighted by Gasteiger charge is 2.23. The fourth-order valence-corrected chi connectivity index (χ4v) is 2.94. The number of likely N-dealkylation sites (N-methyl/N-ethyl adjacent to an activating group) is 2. The maximum absolute atomic E-state index is 12.6. The molecule has 26 heavy (non-hydrogen) atoms. The smallest absolute Gasteiger partial charge is 0.239 e. The first-order valence-electron chi connectivity index (χ1n) is 8.42. The quantitative estimate of drug-likeness (QED) is 0.750. The summed E-state index contributed by atoms with van der Waals surface area (Å²) in [5, 5.41) is 2.85. The number of amides is 2. The molecule has 0 aliphatic carbocycles. The number of rotatable bonds is 7. The Morgan fingerprint density at radius 3 is 2.31 bits per heavy atom. The molecule has 5 nitrogen and oxygen atoms in total. The molecular formula is C20H24BrN3O2. The van der Waals surface area contributed by atoms with Gasteiger partial charge in [-0.3, -0.25) is 14.5 Å². The van der Waals surface area contributed by atoms with Gasteiger partial charge in [0.15, 0.2) is 0 Å². The molecule has 2 rings (SSSR count). The lowest BCUT2D eigenvalue weighted by molar-refractivity contribution is -0.135. The Morgan fingerprint density at radius 1 is 1.04 bits per heavy atom. The number of carbonyl (C=O) groups is 2. The van der Waals surface area contributed by atoms with Crippen molar-refractivity contribution >= 4 is 33.4 Å². The van der Waals surface area contributed by atoms with Crippen molar-refractivity contribution in [2.24, 2.45) is 0 Å². The van der Waals surface area contributed by atoms with Gasteiger partial charge in [-0.1, -0.05) is 42.5 Å². The second kappa shape index (κ2) is 9.50. The third-order valence-electron chi connectivity index (χ3n) is 4.20. The van der Waals surface area contributed by atoms with Gasteiger partial charge in [0.05, 0.1) is 18.3 Å². The Labute approximate surface area is 163 Å². The van der Waals surface area contributed by atoms with Crippen LogP contribution in [0.15, 0.2) is 59.1 Å². The minimum absolute atomic E-state index is 0.0231. The van der Waals surface area contributed by atoms with Crippen molar-refractivity contribution in [1.82, 2.24) is 9.80 Å². The van der Waals surface area contributed by atoms with Crippen LogP contribution in [0.5, 0.6) is 0 Å². The van der Waals surface area contributed by atoms with Crippen molar-refractivity contribution in [2.75, 3.05) is 26.0 Å². The van der Waals surface area contributed by atoms with Crippen molar-refractivity contribution in [3.8, 4) is 0 Å². The summed E-state index contributed by atoms with van der Waals surface area (Å²) in [4.78, 5) is 28.3. The fraction of sp³-hybridized carbons (Fsp3) is 0.300. The lowest BCUT2D eigenvalue weighted by atomic mass is 10.2. The van der Waals surface area contributed by atoms with E-state index in [2.05, 4.69) is 21.2 Å². The van der Waals surface area contributed by atoms with E-state index in [9.17, 15) is 9.59 Å². The molecule has 0 aliphatic rings. The minimum atomic E-state index is -0.395. The number of halogens is 1. The van der Waals surface area contributed by atoms with Gasteiger partial charge < -0.3 is 10.2 Å². The highest BCUT2D eigenvalue weighted by Crippen LogP contribution is 2.21. The Balaban J connectivity index is 1.89. The van der Waals surface area contributed by atoms with Gasteiger partial charge in [-0.15, -0.1) is 0 Å². The summed E-state index contributed by atoms with van der Waals surface area (Å²) >= 11 is 3.40. The molecule has 2 amide bonds. The first-order valence-corrected chi connectivity index (χ1v) is 9.21. The number of carbonyl (C=O) groups excluding carboxylic acids is 2. The summed E-state index contributed by atoms with van der Waals surface area (Å²) in [5.41, 5.74) is 1.79. The highest BCUT2D eigenvalue weighted by atomic mass is 79.9. The maximum atomic E-state index is 12.6. The normalized spacial score (nSPS) is 11.9. The molecule has 0 radical (unpaired) electrons. The van der Waals surface area contributed by atoms with E-state index in [1.54, 1.807) is 23.9 Å². The van der Waals surface area contributed by atoms with Gasteiger partial charge in [0, 0.05) is 18.1 Å². The first kappa shape index (κ1) is 20.1. The van der Waals surface area contributed by atoms with E-state index in [1.165, 1.54) is 0 Å². The summed E-state index contributed by atoms with van der Waals surface area (Å²) in [7, 11) is 3.55. The molecule has 0 heterocycles. The van der Waals surface area contributed by atoms with Crippen LogP contribution in [0.2, 0.25) is 0 Å². The SMILES string of the molecule is C[C@@H](C(=O)N(C)Cc1ccccc1)N(C)CC(=O)Nc1ccccc1Br. The Bertz CT molecular complexity index is 752. The third kappa shape index (κ3) is 5.68. The maximum Gasteiger partial charge on any atom is 0.239 e. The van der Waals surface area contributed by atoms with Crippen LogP contribution in [0.4, 0.5) is 5.69 Å². The van der Waals surface area contributed by atoms with E-state index in [1.807, 2.05) is 61.5 Å². The number of nitrogens with zero attached hydrogens (tertiary/aromatic N) is 2. The second-order valence-electron chi connectivity index (χ2n) is 6.30. The topological polar surface area (TPSA) is 52.7 Å². The zero-order valence-electron chi connectivity index (χ0n) is 15.3. The molecule has 0 saturated heterocycles. The predicted molar refractivity (Wildman–Crippen MR) is 108 cm³/mol. The summed E-state index contributed by atoms with van der Waals surface area (Å²) in [6, 6.07) is 16.9. The van der Waals surface area contributed by atoms with Crippen LogP contribution >= 0.6 is 15.9 Å². The zero-order valence-corrected chi connectivity index (χ0v) is 16.9. The monoisotopic (exact) mass is 417 g/mol. The van der Waals surface area contributed by atoms with Crippen molar-refractivity contribution in [1.29, 1.82) is 0 Å². The van der Waals surface area contributed by atoms with E-state index < -0.39 is 6.04 Å². The average molecular weight is 418 g/mol. The standard InChI is InChI=1S/C20H24BrN3O2/c1-15(20(26)24(3)13-16-9-5-4-6-10-16)23(2)14-19(25)22-18-12-8-7-11-17(18)21/h4-12,15H,13-14H2,1-3H3,(H,22,25)/t15-/m0/s1. The molecule has 0 spiro atoms. The van der Waals surface area contributed by atoms with Gasteiger partial charge in [0.2, 0.25) is 11.8 Å². The van der Waals surface area contributed by atoms with Gasteiger partial charge in [0.1, 0.15) is 0 Å². The molecule has 2 aromatic rings. The van der Waals surface area contributed by atoms with Gasteiger partial charge in [-0.05, 0) is 47.6 Å². The van der Waals surface area contributed by atoms with Gasteiger partial charge in [0.25, 0.3) is 0 Å². The van der Waals surface area contributed by atoms with Crippen molar-refractivity contribution in [3.63, 3.8) is 0 Å².